The predicted molar refractivity (Wildman–Crippen MR) is 88.2 cm³/mol. The van der Waals surface area contributed by atoms with Gasteiger partial charge in [0.25, 0.3) is 0 Å². The van der Waals surface area contributed by atoms with Gasteiger partial charge < -0.3 is 5.32 Å². The lowest BCUT2D eigenvalue weighted by atomic mass is 10.1. The number of benzene rings is 1. The molecule has 1 aromatic carbocycles. The van der Waals surface area contributed by atoms with E-state index < -0.39 is 30.3 Å². The van der Waals surface area contributed by atoms with Gasteiger partial charge in [-0.25, -0.2) is 9.69 Å². The second-order valence-corrected chi connectivity index (χ2v) is 5.39. The zero-order valence-electron chi connectivity index (χ0n) is 13.7. The molecular formula is C17H19N3O4. The zero-order valence-corrected chi connectivity index (χ0v) is 13.7. The van der Waals surface area contributed by atoms with Gasteiger partial charge >= 0.3 is 17.8 Å². The third kappa shape index (κ3) is 3.19. The number of aryl methyl sites for hydroxylation is 2. The second-order valence-electron chi connectivity index (χ2n) is 5.39. The normalized spacial score (nSPS) is 14.3. The van der Waals surface area contributed by atoms with Crippen molar-refractivity contribution in [1.29, 1.82) is 0 Å². The molecule has 0 saturated carbocycles. The molecule has 1 saturated heterocycles. The minimum absolute atomic E-state index is 0.0701. The summed E-state index contributed by atoms with van der Waals surface area (Å²) in [5, 5.41) is 2.72. The monoisotopic (exact) mass is 329 g/mol. The highest BCUT2D eigenvalue weighted by atomic mass is 16.2. The summed E-state index contributed by atoms with van der Waals surface area (Å²) in [4.78, 5) is 49.3. The molecule has 24 heavy (non-hydrogen) atoms. The lowest BCUT2D eigenvalue weighted by Gasteiger charge is -2.16. The molecule has 0 radical (unpaired) electrons. The van der Waals surface area contributed by atoms with Crippen molar-refractivity contribution in [3.63, 3.8) is 0 Å². The van der Waals surface area contributed by atoms with Crippen LogP contribution in [0.5, 0.6) is 0 Å². The lowest BCUT2D eigenvalue weighted by Crippen LogP contribution is -2.39. The fourth-order valence-corrected chi connectivity index (χ4v) is 2.50. The quantitative estimate of drug-likeness (QED) is 0.486. The number of rotatable bonds is 6. The van der Waals surface area contributed by atoms with Gasteiger partial charge in [0, 0.05) is 12.2 Å². The van der Waals surface area contributed by atoms with E-state index in [1.165, 1.54) is 6.08 Å². The van der Waals surface area contributed by atoms with Gasteiger partial charge in [0.1, 0.15) is 6.54 Å². The molecule has 0 spiro atoms. The molecule has 1 aliphatic rings. The van der Waals surface area contributed by atoms with Crippen molar-refractivity contribution < 1.29 is 19.2 Å². The van der Waals surface area contributed by atoms with Crippen molar-refractivity contribution in [3.05, 3.63) is 42.0 Å². The molecule has 0 bridgehead atoms. The molecule has 126 valence electrons. The van der Waals surface area contributed by atoms with Gasteiger partial charge in [0.05, 0.1) is 0 Å². The molecule has 7 heteroatoms. The minimum Gasteiger partial charge on any atom is -0.324 e. The predicted octanol–water partition coefficient (Wildman–Crippen LogP) is 1.47. The van der Waals surface area contributed by atoms with Crippen molar-refractivity contribution in [1.82, 2.24) is 9.80 Å². The number of imide groups is 2. The molecule has 1 aliphatic heterocycles. The standard InChI is InChI=1S/C17H19N3O4/c1-4-9-19-15(22)16(23)20(17(19)24)10-13(21)18-14-11(3)7-6-8-12(14)5-2/h4,6-8H,1,5,9-10H2,2-3H3,(H,18,21). The highest BCUT2D eigenvalue weighted by molar-refractivity contribution is 6.45. The first-order valence-corrected chi connectivity index (χ1v) is 7.57. The maximum Gasteiger partial charge on any atom is 0.335 e. The van der Waals surface area contributed by atoms with E-state index in [1.54, 1.807) is 0 Å². The molecule has 2 rings (SSSR count). The highest BCUT2D eigenvalue weighted by Crippen LogP contribution is 2.21. The highest BCUT2D eigenvalue weighted by Gasteiger charge is 2.44. The first-order valence-electron chi connectivity index (χ1n) is 7.57. The van der Waals surface area contributed by atoms with Crippen molar-refractivity contribution >= 4 is 29.4 Å². The van der Waals surface area contributed by atoms with Crippen LogP contribution in [0.2, 0.25) is 0 Å². The van der Waals surface area contributed by atoms with Crippen LogP contribution in [0, 0.1) is 6.92 Å². The third-order valence-electron chi connectivity index (χ3n) is 3.75. The lowest BCUT2D eigenvalue weighted by molar-refractivity contribution is -0.143. The smallest absolute Gasteiger partial charge is 0.324 e. The van der Waals surface area contributed by atoms with Crippen molar-refractivity contribution in [2.24, 2.45) is 0 Å². The van der Waals surface area contributed by atoms with E-state index in [4.69, 9.17) is 0 Å². The summed E-state index contributed by atoms with van der Waals surface area (Å²) in [6, 6.07) is 4.84. The fourth-order valence-electron chi connectivity index (χ4n) is 2.50. The Bertz CT molecular complexity index is 727. The van der Waals surface area contributed by atoms with Crippen LogP contribution < -0.4 is 5.32 Å². The second kappa shape index (κ2) is 7.08. The third-order valence-corrected chi connectivity index (χ3v) is 3.75. The first kappa shape index (κ1) is 17.4. The number of urea groups is 1. The molecule has 1 fully saturated rings. The largest absolute Gasteiger partial charge is 0.335 e. The first-order chi connectivity index (χ1) is 11.4. The van der Waals surface area contributed by atoms with Gasteiger partial charge in [-0.15, -0.1) is 6.58 Å². The van der Waals surface area contributed by atoms with E-state index in [0.29, 0.717) is 10.6 Å². The van der Waals surface area contributed by atoms with E-state index in [0.717, 1.165) is 22.4 Å². The number of nitrogens with zero attached hydrogens (tertiary/aromatic N) is 2. The van der Waals surface area contributed by atoms with Gasteiger partial charge in [-0.1, -0.05) is 31.2 Å². The fraction of sp³-hybridized carbons (Fsp3) is 0.294. The number of anilines is 1. The Morgan fingerprint density at radius 1 is 1.21 bits per heavy atom. The van der Waals surface area contributed by atoms with Crippen LogP contribution >= 0.6 is 0 Å². The summed E-state index contributed by atoms with van der Waals surface area (Å²) in [7, 11) is 0. The average molecular weight is 329 g/mol. The molecule has 0 aliphatic carbocycles. The summed E-state index contributed by atoms with van der Waals surface area (Å²) in [5.41, 5.74) is 2.50. The Morgan fingerprint density at radius 3 is 2.50 bits per heavy atom. The molecule has 0 atom stereocenters. The number of carbonyl (C=O) groups excluding carboxylic acids is 4. The number of para-hydroxylation sites is 1. The van der Waals surface area contributed by atoms with Gasteiger partial charge in [0.15, 0.2) is 0 Å². The van der Waals surface area contributed by atoms with Crippen molar-refractivity contribution in [2.45, 2.75) is 20.3 Å². The number of hydrogen-bond donors (Lipinski definition) is 1. The van der Waals surface area contributed by atoms with Gasteiger partial charge in [-0.05, 0) is 24.5 Å². The van der Waals surface area contributed by atoms with E-state index in [2.05, 4.69) is 11.9 Å². The topological polar surface area (TPSA) is 86.8 Å². The van der Waals surface area contributed by atoms with Gasteiger partial charge in [-0.2, -0.15) is 0 Å². The maximum atomic E-state index is 12.2. The molecule has 5 amide bonds. The number of nitrogens with one attached hydrogen (secondary N) is 1. The summed E-state index contributed by atoms with van der Waals surface area (Å²) in [6.45, 7) is 6.68. The Morgan fingerprint density at radius 2 is 1.88 bits per heavy atom. The van der Waals surface area contributed by atoms with E-state index in [1.807, 2.05) is 32.0 Å². The Hall–Kier alpha value is -2.96. The molecule has 1 aromatic rings. The molecule has 1 N–H and O–H groups in total. The zero-order chi connectivity index (χ0) is 17.9. The summed E-state index contributed by atoms with van der Waals surface area (Å²) in [6.07, 6.45) is 2.07. The van der Waals surface area contributed by atoms with E-state index >= 15 is 0 Å². The van der Waals surface area contributed by atoms with Crippen LogP contribution in [0.1, 0.15) is 18.1 Å². The molecular weight excluding hydrogens is 310 g/mol. The molecule has 0 aromatic heterocycles. The van der Waals surface area contributed by atoms with Crippen molar-refractivity contribution in [2.75, 3.05) is 18.4 Å². The van der Waals surface area contributed by atoms with Gasteiger partial charge in [0.2, 0.25) is 5.91 Å². The molecule has 1 heterocycles. The van der Waals surface area contributed by atoms with Crippen LogP contribution in [-0.2, 0) is 20.8 Å². The number of amides is 5. The van der Waals surface area contributed by atoms with E-state index in [-0.39, 0.29) is 6.54 Å². The van der Waals surface area contributed by atoms with Crippen LogP contribution in [0.15, 0.2) is 30.9 Å². The Kier molecular flexibility index (Phi) is 5.13. The number of hydrogen-bond acceptors (Lipinski definition) is 4. The summed E-state index contributed by atoms with van der Waals surface area (Å²) in [5.74, 6) is -2.48. The van der Waals surface area contributed by atoms with Crippen molar-refractivity contribution in [3.8, 4) is 0 Å². The SMILES string of the molecule is C=CCN1C(=O)C(=O)N(CC(=O)Nc2c(C)cccc2CC)C1=O. The average Bonchev–Trinajstić information content (AvgIpc) is 2.75. The van der Waals surface area contributed by atoms with Gasteiger partial charge in [-0.3, -0.25) is 19.3 Å². The Labute approximate surface area is 139 Å². The summed E-state index contributed by atoms with van der Waals surface area (Å²) >= 11 is 0. The van der Waals surface area contributed by atoms with Crippen LogP contribution in [-0.4, -0.2) is 46.6 Å². The van der Waals surface area contributed by atoms with Crippen LogP contribution in [0.25, 0.3) is 0 Å². The number of carbonyl (C=O) groups is 4. The van der Waals surface area contributed by atoms with Crippen LogP contribution in [0.4, 0.5) is 10.5 Å². The summed E-state index contributed by atoms with van der Waals surface area (Å²) < 4.78 is 0. The molecule has 0 unspecified atom stereocenters. The molecule has 7 nitrogen and oxygen atoms in total. The minimum atomic E-state index is -1.00. The van der Waals surface area contributed by atoms with Crippen LogP contribution in [0.3, 0.4) is 0 Å². The maximum absolute atomic E-state index is 12.2. The van der Waals surface area contributed by atoms with E-state index in [9.17, 15) is 19.2 Å². The Balaban J connectivity index is 2.13.